The second-order valence-electron chi connectivity index (χ2n) is 9.40. The predicted octanol–water partition coefficient (Wildman–Crippen LogP) is 3.42. The molecule has 1 saturated heterocycles. The minimum Gasteiger partial charge on any atom is -0.315 e. The van der Waals surface area contributed by atoms with Crippen molar-refractivity contribution in [2.45, 2.75) is 77.8 Å². The second kappa shape index (κ2) is 9.46. The first-order valence-electron chi connectivity index (χ1n) is 11.7. The number of aryl methyl sites for hydroxylation is 1. The number of amides is 1. The maximum Gasteiger partial charge on any atom is 0.233 e. The first-order valence-corrected chi connectivity index (χ1v) is 11.7. The molecule has 1 aromatic rings. The van der Waals surface area contributed by atoms with E-state index in [1.54, 1.807) is 6.07 Å². The van der Waals surface area contributed by atoms with Crippen LogP contribution in [0.25, 0.3) is 0 Å². The van der Waals surface area contributed by atoms with Crippen LogP contribution in [-0.4, -0.2) is 45.7 Å². The van der Waals surface area contributed by atoms with Gasteiger partial charge in [0.2, 0.25) is 5.91 Å². The molecule has 2 heterocycles. The van der Waals surface area contributed by atoms with Gasteiger partial charge in [-0.25, -0.2) is 0 Å². The summed E-state index contributed by atoms with van der Waals surface area (Å²) in [5.41, 5.74) is 10.3. The van der Waals surface area contributed by atoms with Crippen molar-refractivity contribution in [3.8, 4) is 0 Å². The lowest BCUT2D eigenvalue weighted by atomic mass is 9.71. The van der Waals surface area contributed by atoms with Crippen molar-refractivity contribution in [3.05, 3.63) is 28.6 Å². The number of carbonyl (C=O) groups is 2. The van der Waals surface area contributed by atoms with E-state index < -0.39 is 0 Å². The zero-order valence-electron chi connectivity index (χ0n) is 19.4. The maximum atomic E-state index is 13.4. The summed E-state index contributed by atoms with van der Waals surface area (Å²) in [7, 11) is 0. The van der Waals surface area contributed by atoms with E-state index in [2.05, 4.69) is 20.7 Å². The van der Waals surface area contributed by atoms with Gasteiger partial charge in [0.05, 0.1) is 11.1 Å². The first kappa shape index (κ1) is 23.2. The van der Waals surface area contributed by atoms with Crippen molar-refractivity contribution in [1.29, 1.82) is 10.9 Å². The van der Waals surface area contributed by atoms with Crippen LogP contribution < -0.4 is 10.3 Å². The number of ketones is 1. The molecule has 10 nitrogen and oxygen atoms in total. The average Bonchev–Trinajstić information content (AvgIpc) is 3.12. The van der Waals surface area contributed by atoms with Gasteiger partial charge in [-0.2, -0.15) is 15.6 Å². The van der Waals surface area contributed by atoms with Crippen molar-refractivity contribution in [2.24, 2.45) is 10.6 Å². The summed E-state index contributed by atoms with van der Waals surface area (Å²) in [5.74, 6) is 0.747. The largest absolute Gasteiger partial charge is 0.315 e. The summed E-state index contributed by atoms with van der Waals surface area (Å²) in [6.07, 6.45) is 7.66. The first-order chi connectivity index (χ1) is 15.9. The molecule has 4 rings (SSSR count). The third kappa shape index (κ3) is 4.44. The summed E-state index contributed by atoms with van der Waals surface area (Å²) in [5, 5.41) is 23.4. The van der Waals surface area contributed by atoms with Gasteiger partial charge in [0.1, 0.15) is 6.34 Å². The third-order valence-corrected chi connectivity index (χ3v) is 7.55. The lowest BCUT2D eigenvalue weighted by Crippen LogP contribution is -2.42. The SMILES string of the molecule is CC1=C(N2CCC3(CCC(NCc4nnc(N(C=N)N=N)cc4C)CC3)C2=O)CCCC1=O. The third-order valence-electron chi connectivity index (χ3n) is 7.55. The number of anilines is 1. The van der Waals surface area contributed by atoms with Crippen LogP contribution >= 0.6 is 0 Å². The molecule has 0 atom stereocenters. The molecule has 3 aliphatic rings. The second-order valence-corrected chi connectivity index (χ2v) is 9.40. The van der Waals surface area contributed by atoms with Crippen LogP contribution in [0.2, 0.25) is 0 Å². The lowest BCUT2D eigenvalue weighted by Gasteiger charge is -2.36. The van der Waals surface area contributed by atoms with Crippen LogP contribution in [0.5, 0.6) is 0 Å². The monoisotopic (exact) mass is 452 g/mol. The standard InChI is InChI=1S/C23H32N8O2/c1-15-12-21(31(14-24)29-25)28-27-18(15)13-26-17-6-8-23(9-7-17)10-11-30(22(23)33)19-4-3-5-20(32)16(19)2/h12,14,17,24-26H,3-11,13H2,1-2H3. The van der Waals surface area contributed by atoms with Gasteiger partial charge < -0.3 is 10.2 Å². The quantitative estimate of drug-likeness (QED) is 0.251. The minimum atomic E-state index is -0.278. The minimum absolute atomic E-state index is 0.184. The normalized spacial score (nSPS) is 25.6. The van der Waals surface area contributed by atoms with Crippen molar-refractivity contribution in [2.75, 3.05) is 11.6 Å². The molecule has 2 aliphatic carbocycles. The molecule has 0 aromatic carbocycles. The number of Topliss-reactive ketones (excluding diaryl/α,β-unsaturated/α-hetero) is 1. The smallest absolute Gasteiger partial charge is 0.233 e. The lowest BCUT2D eigenvalue weighted by molar-refractivity contribution is -0.136. The van der Waals surface area contributed by atoms with Gasteiger partial charge in [-0.05, 0) is 70.4 Å². The van der Waals surface area contributed by atoms with Gasteiger partial charge >= 0.3 is 0 Å². The molecule has 10 heteroatoms. The Balaban J connectivity index is 1.34. The summed E-state index contributed by atoms with van der Waals surface area (Å²) >= 11 is 0. The Kier molecular flexibility index (Phi) is 6.64. The summed E-state index contributed by atoms with van der Waals surface area (Å²) in [6, 6.07) is 2.08. The molecule has 0 radical (unpaired) electrons. The van der Waals surface area contributed by atoms with Crippen LogP contribution in [0.15, 0.2) is 22.6 Å². The molecule has 3 N–H and O–H groups in total. The van der Waals surface area contributed by atoms with Gasteiger partial charge in [0.25, 0.3) is 0 Å². The number of likely N-dealkylation sites (tertiary alicyclic amines) is 1. The Bertz CT molecular complexity index is 988. The summed E-state index contributed by atoms with van der Waals surface area (Å²) in [4.78, 5) is 27.5. The number of hydrogen-bond acceptors (Lipinski definition) is 8. The Morgan fingerprint density at radius 3 is 2.67 bits per heavy atom. The summed E-state index contributed by atoms with van der Waals surface area (Å²) in [6.45, 7) is 5.11. The van der Waals surface area contributed by atoms with Gasteiger partial charge in [0, 0.05) is 36.8 Å². The van der Waals surface area contributed by atoms with E-state index in [1.807, 2.05) is 18.7 Å². The van der Waals surface area contributed by atoms with Crippen LogP contribution in [0.1, 0.15) is 69.5 Å². The molecule has 2 fully saturated rings. The van der Waals surface area contributed by atoms with E-state index in [1.165, 1.54) is 0 Å². The van der Waals surface area contributed by atoms with E-state index in [0.29, 0.717) is 24.8 Å². The fourth-order valence-corrected chi connectivity index (χ4v) is 5.38. The highest BCUT2D eigenvalue weighted by Gasteiger charge is 2.49. The van der Waals surface area contributed by atoms with Crippen LogP contribution in [0.4, 0.5) is 5.82 Å². The van der Waals surface area contributed by atoms with E-state index in [4.69, 9.17) is 10.9 Å². The molecule has 1 amide bonds. The zero-order valence-corrected chi connectivity index (χ0v) is 19.4. The van der Waals surface area contributed by atoms with E-state index in [9.17, 15) is 9.59 Å². The Hall–Kier alpha value is -3.01. The number of nitrogens with zero attached hydrogens (tertiary/aromatic N) is 5. The van der Waals surface area contributed by atoms with Gasteiger partial charge in [-0.3, -0.25) is 15.0 Å². The Morgan fingerprint density at radius 2 is 2.00 bits per heavy atom. The highest BCUT2D eigenvalue weighted by Crippen LogP contribution is 2.47. The fourth-order valence-electron chi connectivity index (χ4n) is 5.38. The molecule has 176 valence electrons. The predicted molar refractivity (Wildman–Crippen MR) is 123 cm³/mol. The van der Waals surface area contributed by atoms with E-state index in [-0.39, 0.29) is 17.1 Å². The molecular formula is C23H32N8O2. The van der Waals surface area contributed by atoms with Crippen molar-refractivity contribution >= 4 is 23.8 Å². The molecule has 0 unspecified atom stereocenters. The average molecular weight is 453 g/mol. The van der Waals surface area contributed by atoms with Gasteiger partial charge in [-0.15, -0.1) is 5.10 Å². The highest BCUT2D eigenvalue weighted by molar-refractivity contribution is 5.97. The van der Waals surface area contributed by atoms with Crippen LogP contribution in [0, 0.1) is 23.3 Å². The van der Waals surface area contributed by atoms with Crippen molar-refractivity contribution < 1.29 is 9.59 Å². The van der Waals surface area contributed by atoms with Gasteiger partial charge in [0.15, 0.2) is 11.6 Å². The molecule has 1 saturated carbocycles. The highest BCUT2D eigenvalue weighted by atomic mass is 16.2. The number of allylic oxidation sites excluding steroid dienone is 2. The van der Waals surface area contributed by atoms with Crippen molar-refractivity contribution in [3.63, 3.8) is 0 Å². The maximum absolute atomic E-state index is 13.4. The fraction of sp³-hybridized carbons (Fsp3) is 0.609. The molecule has 33 heavy (non-hydrogen) atoms. The van der Waals surface area contributed by atoms with E-state index >= 15 is 0 Å². The molecular weight excluding hydrogens is 420 g/mol. The van der Waals surface area contributed by atoms with Gasteiger partial charge in [-0.1, -0.05) is 5.22 Å². The topological polar surface area (TPSA) is 138 Å². The zero-order chi connectivity index (χ0) is 23.6. The van der Waals surface area contributed by atoms with Crippen molar-refractivity contribution in [1.82, 2.24) is 20.4 Å². The molecule has 1 spiro atoms. The number of aromatic nitrogens is 2. The van der Waals surface area contributed by atoms with E-state index in [0.717, 1.165) is 85.4 Å². The molecule has 1 aliphatic heterocycles. The summed E-state index contributed by atoms with van der Waals surface area (Å²) < 4.78 is 0. The molecule has 0 bridgehead atoms. The van der Waals surface area contributed by atoms with Crippen LogP contribution in [0.3, 0.4) is 0 Å². The molecule has 1 aromatic heterocycles. The Morgan fingerprint density at radius 1 is 1.24 bits per heavy atom. The Labute approximate surface area is 193 Å². The number of rotatable bonds is 7. The number of carbonyl (C=O) groups excluding carboxylic acids is 2. The van der Waals surface area contributed by atoms with Crippen LogP contribution in [-0.2, 0) is 16.1 Å². The number of nitrogens with one attached hydrogen (secondary N) is 3. The number of hydrogen-bond donors (Lipinski definition) is 3.